The zero-order valence-electron chi connectivity index (χ0n) is 17.6. The number of nitrogens with zero attached hydrogens (tertiary/aromatic N) is 2. The summed E-state index contributed by atoms with van der Waals surface area (Å²) in [5.74, 6) is -0.202. The highest BCUT2D eigenvalue weighted by atomic mass is 35.5. The fourth-order valence-corrected chi connectivity index (χ4v) is 3.17. The lowest BCUT2D eigenvalue weighted by molar-refractivity contribution is 0.0217. The minimum Gasteiger partial charge on any atom is -0.460 e. The van der Waals surface area contributed by atoms with Crippen LogP contribution in [0.3, 0.4) is 0 Å². The molecule has 1 amide bonds. The van der Waals surface area contributed by atoms with Crippen LogP contribution in [0.4, 0.5) is 4.79 Å². The molecule has 9 heteroatoms. The predicted octanol–water partition coefficient (Wildman–Crippen LogP) is 5.83. The summed E-state index contributed by atoms with van der Waals surface area (Å²) in [5, 5.41) is 0.927. The van der Waals surface area contributed by atoms with Crippen molar-refractivity contribution in [2.24, 2.45) is 0 Å². The third kappa shape index (κ3) is 6.12. The van der Waals surface area contributed by atoms with Crippen molar-refractivity contribution in [3.8, 4) is 11.5 Å². The standard InChI is InChI=1S/C22H22Cl2N2O5/c1-22(2,3)31-21(28)26(4)7-8-29-20(27)13-5-6-17-18(11-13)30-19(25-17)14-9-15(23)12-16(24)10-14/h5-6,9-12H,7-8H2,1-4H3. The van der Waals surface area contributed by atoms with E-state index in [0.29, 0.717) is 38.2 Å². The number of fused-ring (bicyclic) bond motifs is 1. The van der Waals surface area contributed by atoms with Gasteiger partial charge in [-0.05, 0) is 57.2 Å². The van der Waals surface area contributed by atoms with Crippen molar-refractivity contribution in [1.29, 1.82) is 0 Å². The van der Waals surface area contributed by atoms with Crippen molar-refractivity contribution in [2.75, 3.05) is 20.2 Å². The highest BCUT2D eigenvalue weighted by Crippen LogP contribution is 2.29. The molecule has 0 unspecified atom stereocenters. The number of hydrogen-bond donors (Lipinski definition) is 0. The van der Waals surface area contributed by atoms with E-state index in [1.165, 1.54) is 4.90 Å². The molecule has 0 fully saturated rings. The average molecular weight is 465 g/mol. The normalized spacial score (nSPS) is 11.4. The van der Waals surface area contributed by atoms with Crippen LogP contribution in [-0.2, 0) is 9.47 Å². The molecular formula is C22H22Cl2N2O5. The number of carbonyl (C=O) groups is 2. The smallest absolute Gasteiger partial charge is 0.410 e. The molecule has 7 nitrogen and oxygen atoms in total. The Morgan fingerprint density at radius 1 is 1.10 bits per heavy atom. The molecule has 0 atom stereocenters. The van der Waals surface area contributed by atoms with Crippen LogP contribution in [0.2, 0.25) is 10.0 Å². The molecule has 0 aliphatic carbocycles. The zero-order chi connectivity index (χ0) is 22.8. The van der Waals surface area contributed by atoms with Crippen molar-refractivity contribution in [1.82, 2.24) is 9.88 Å². The maximum Gasteiger partial charge on any atom is 0.410 e. The van der Waals surface area contributed by atoms with Gasteiger partial charge in [0.2, 0.25) is 5.89 Å². The second-order valence-corrected chi connectivity index (χ2v) is 8.77. The molecule has 3 aromatic rings. The van der Waals surface area contributed by atoms with Gasteiger partial charge in [-0.25, -0.2) is 14.6 Å². The maximum atomic E-state index is 12.4. The maximum absolute atomic E-state index is 12.4. The molecular weight excluding hydrogens is 443 g/mol. The van der Waals surface area contributed by atoms with Gasteiger partial charge in [-0.15, -0.1) is 0 Å². The lowest BCUT2D eigenvalue weighted by Crippen LogP contribution is -2.36. The number of oxazole rings is 1. The number of rotatable bonds is 5. The third-order valence-corrected chi connectivity index (χ3v) is 4.54. The number of esters is 1. The quantitative estimate of drug-likeness (QED) is 0.442. The fraction of sp³-hybridized carbons (Fsp3) is 0.318. The molecule has 0 aliphatic rings. The molecule has 0 aliphatic heterocycles. The summed E-state index contributed by atoms with van der Waals surface area (Å²) in [6.45, 7) is 5.57. The van der Waals surface area contributed by atoms with Gasteiger partial charge in [0.25, 0.3) is 0 Å². The van der Waals surface area contributed by atoms with E-state index < -0.39 is 17.7 Å². The van der Waals surface area contributed by atoms with Gasteiger partial charge in [-0.1, -0.05) is 23.2 Å². The van der Waals surface area contributed by atoms with Crippen LogP contribution in [-0.4, -0.2) is 47.7 Å². The Labute approximate surface area is 189 Å². The summed E-state index contributed by atoms with van der Waals surface area (Å²) in [5.41, 5.74) is 1.34. The number of aromatic nitrogens is 1. The molecule has 0 spiro atoms. The number of hydrogen-bond acceptors (Lipinski definition) is 6. The summed E-state index contributed by atoms with van der Waals surface area (Å²) in [6.07, 6.45) is -0.486. The largest absolute Gasteiger partial charge is 0.460 e. The van der Waals surface area contributed by atoms with Crippen molar-refractivity contribution >= 4 is 46.4 Å². The van der Waals surface area contributed by atoms with Crippen LogP contribution in [0.25, 0.3) is 22.6 Å². The Morgan fingerprint density at radius 3 is 2.42 bits per heavy atom. The van der Waals surface area contributed by atoms with E-state index in [9.17, 15) is 9.59 Å². The Hall–Kier alpha value is -2.77. The third-order valence-electron chi connectivity index (χ3n) is 4.10. The van der Waals surface area contributed by atoms with Gasteiger partial charge in [0.1, 0.15) is 17.7 Å². The van der Waals surface area contributed by atoms with E-state index in [-0.39, 0.29) is 13.2 Å². The van der Waals surface area contributed by atoms with E-state index in [1.54, 1.807) is 64.2 Å². The van der Waals surface area contributed by atoms with Crippen LogP contribution in [0, 0.1) is 0 Å². The van der Waals surface area contributed by atoms with Crippen molar-refractivity contribution < 1.29 is 23.5 Å². The van der Waals surface area contributed by atoms with E-state index in [2.05, 4.69) is 4.98 Å². The number of halogens is 2. The molecule has 0 N–H and O–H groups in total. The Bertz CT molecular complexity index is 1100. The average Bonchev–Trinajstić information content (AvgIpc) is 3.09. The number of ether oxygens (including phenoxy) is 2. The molecule has 3 rings (SSSR count). The first-order chi connectivity index (χ1) is 14.5. The number of carbonyl (C=O) groups excluding carboxylic acids is 2. The SMILES string of the molecule is CN(CCOC(=O)c1ccc2nc(-c3cc(Cl)cc(Cl)c3)oc2c1)C(=O)OC(C)(C)C. The topological polar surface area (TPSA) is 81.9 Å². The molecule has 0 radical (unpaired) electrons. The number of likely N-dealkylation sites (N-methyl/N-ethyl adjacent to an activating group) is 1. The van der Waals surface area contributed by atoms with Gasteiger partial charge in [0, 0.05) is 22.7 Å². The molecule has 164 valence electrons. The van der Waals surface area contributed by atoms with E-state index >= 15 is 0 Å². The summed E-state index contributed by atoms with van der Waals surface area (Å²) in [6, 6.07) is 9.81. The second kappa shape index (κ2) is 9.16. The van der Waals surface area contributed by atoms with Gasteiger partial charge in [-0.2, -0.15) is 0 Å². The minimum atomic E-state index is -0.593. The lowest BCUT2D eigenvalue weighted by Gasteiger charge is -2.24. The van der Waals surface area contributed by atoms with Crippen LogP contribution < -0.4 is 0 Å². The van der Waals surface area contributed by atoms with Gasteiger partial charge < -0.3 is 18.8 Å². The molecule has 0 saturated carbocycles. The lowest BCUT2D eigenvalue weighted by atomic mass is 10.2. The van der Waals surface area contributed by atoms with Crippen molar-refractivity contribution in [3.05, 3.63) is 52.0 Å². The molecule has 1 aromatic heterocycles. The Kier molecular flexibility index (Phi) is 6.77. The highest BCUT2D eigenvalue weighted by Gasteiger charge is 2.20. The summed E-state index contributed by atoms with van der Waals surface area (Å²) in [7, 11) is 1.58. The van der Waals surface area contributed by atoms with E-state index in [4.69, 9.17) is 37.1 Å². The van der Waals surface area contributed by atoms with Crippen LogP contribution >= 0.6 is 23.2 Å². The highest BCUT2D eigenvalue weighted by molar-refractivity contribution is 6.35. The Balaban J connectivity index is 1.65. The Morgan fingerprint density at radius 2 is 1.77 bits per heavy atom. The first-order valence-corrected chi connectivity index (χ1v) is 10.3. The predicted molar refractivity (Wildman–Crippen MR) is 119 cm³/mol. The van der Waals surface area contributed by atoms with Crippen LogP contribution in [0.5, 0.6) is 0 Å². The van der Waals surface area contributed by atoms with Crippen molar-refractivity contribution in [3.63, 3.8) is 0 Å². The van der Waals surface area contributed by atoms with E-state index in [1.807, 2.05) is 0 Å². The van der Waals surface area contributed by atoms with Gasteiger partial charge >= 0.3 is 12.1 Å². The molecule has 0 saturated heterocycles. The van der Waals surface area contributed by atoms with Crippen LogP contribution in [0.15, 0.2) is 40.8 Å². The molecule has 0 bridgehead atoms. The molecule has 31 heavy (non-hydrogen) atoms. The van der Waals surface area contributed by atoms with Gasteiger partial charge in [-0.3, -0.25) is 0 Å². The first kappa shape index (κ1) is 22.9. The fourth-order valence-electron chi connectivity index (χ4n) is 2.64. The summed E-state index contributed by atoms with van der Waals surface area (Å²) in [4.78, 5) is 30.1. The number of amides is 1. The van der Waals surface area contributed by atoms with Gasteiger partial charge in [0.15, 0.2) is 5.58 Å². The monoisotopic (exact) mass is 464 g/mol. The summed E-state index contributed by atoms with van der Waals surface area (Å²) >= 11 is 12.1. The molecule has 1 heterocycles. The molecule has 2 aromatic carbocycles. The number of benzene rings is 2. The zero-order valence-corrected chi connectivity index (χ0v) is 19.1. The van der Waals surface area contributed by atoms with Crippen molar-refractivity contribution in [2.45, 2.75) is 26.4 Å². The van der Waals surface area contributed by atoms with Gasteiger partial charge in [0.05, 0.1) is 12.1 Å². The van der Waals surface area contributed by atoms with Crippen LogP contribution in [0.1, 0.15) is 31.1 Å². The minimum absolute atomic E-state index is 0.0231. The summed E-state index contributed by atoms with van der Waals surface area (Å²) < 4.78 is 16.3. The first-order valence-electron chi connectivity index (χ1n) is 9.50. The van der Waals surface area contributed by atoms with E-state index in [0.717, 1.165) is 0 Å². The second-order valence-electron chi connectivity index (χ2n) is 7.90.